The van der Waals surface area contributed by atoms with Crippen LogP contribution in [0.4, 0.5) is 4.39 Å². The average Bonchev–Trinajstić information content (AvgIpc) is 3.37. The van der Waals surface area contributed by atoms with Crippen LogP contribution < -0.4 is 0 Å². The van der Waals surface area contributed by atoms with E-state index in [-0.39, 0.29) is 23.7 Å². The van der Waals surface area contributed by atoms with Gasteiger partial charge in [-0.15, -0.1) is 0 Å². The van der Waals surface area contributed by atoms with E-state index in [2.05, 4.69) is 14.5 Å². The van der Waals surface area contributed by atoms with Crippen LogP contribution in [0.3, 0.4) is 0 Å². The third-order valence-electron chi connectivity index (χ3n) is 7.20. The van der Waals surface area contributed by atoms with Crippen molar-refractivity contribution in [1.29, 1.82) is 0 Å². The first kappa shape index (κ1) is 17.7. The van der Waals surface area contributed by atoms with Gasteiger partial charge in [-0.25, -0.2) is 14.4 Å². The van der Waals surface area contributed by atoms with Gasteiger partial charge in [0.2, 0.25) is 0 Å². The van der Waals surface area contributed by atoms with Crippen LogP contribution in [0.1, 0.15) is 48.8 Å². The maximum Gasteiger partial charge on any atom is 0.308 e. The Morgan fingerprint density at radius 1 is 1.13 bits per heavy atom. The molecule has 2 atom stereocenters. The summed E-state index contributed by atoms with van der Waals surface area (Å²) in [4.78, 5) is 25.7. The molecule has 3 saturated carbocycles. The lowest BCUT2D eigenvalue weighted by Crippen LogP contribution is -2.44. The van der Waals surface area contributed by atoms with Crippen molar-refractivity contribution in [1.82, 2.24) is 19.5 Å². The van der Waals surface area contributed by atoms with Gasteiger partial charge in [0.15, 0.2) is 5.82 Å². The summed E-state index contributed by atoms with van der Waals surface area (Å²) in [5, 5.41) is 10.9. The van der Waals surface area contributed by atoms with Crippen LogP contribution in [0, 0.1) is 23.6 Å². The minimum atomic E-state index is -0.709. The van der Waals surface area contributed by atoms with Gasteiger partial charge in [0.1, 0.15) is 11.5 Å². The van der Waals surface area contributed by atoms with E-state index in [0.29, 0.717) is 18.2 Å². The summed E-state index contributed by atoms with van der Waals surface area (Å²) in [5.41, 5.74) is 3.09. The highest BCUT2D eigenvalue weighted by molar-refractivity contribution is 5.84. The molecule has 0 amide bonds. The molecular weight excluding hydrogens is 383 g/mol. The van der Waals surface area contributed by atoms with Crippen LogP contribution >= 0.6 is 0 Å². The van der Waals surface area contributed by atoms with Gasteiger partial charge in [-0.2, -0.15) is 0 Å². The monoisotopic (exact) mass is 404 g/mol. The van der Waals surface area contributed by atoms with Crippen LogP contribution in [-0.4, -0.2) is 30.6 Å². The molecule has 3 aromatic rings. The highest BCUT2D eigenvalue weighted by Crippen LogP contribution is 2.52. The highest BCUT2D eigenvalue weighted by atomic mass is 19.1. The minimum Gasteiger partial charge on any atom is -0.481 e. The molecule has 4 aliphatic carbocycles. The fourth-order valence-electron chi connectivity index (χ4n) is 5.86. The maximum absolute atomic E-state index is 13.8. The first-order chi connectivity index (χ1) is 14.6. The first-order valence-corrected chi connectivity index (χ1v) is 10.5. The van der Waals surface area contributed by atoms with Crippen molar-refractivity contribution in [3.8, 4) is 0 Å². The van der Waals surface area contributed by atoms with Crippen LogP contribution in [0.15, 0.2) is 36.8 Å². The van der Waals surface area contributed by atoms with Gasteiger partial charge in [-0.05, 0) is 49.7 Å². The molecule has 30 heavy (non-hydrogen) atoms. The Kier molecular flexibility index (Phi) is 3.82. The summed E-state index contributed by atoms with van der Waals surface area (Å²) in [6.45, 7) is 0. The van der Waals surface area contributed by atoms with Crippen LogP contribution in [0.5, 0.6) is 0 Å². The van der Waals surface area contributed by atoms with Crippen LogP contribution in [0.25, 0.3) is 16.6 Å². The Bertz CT molecular complexity index is 1210. The van der Waals surface area contributed by atoms with Gasteiger partial charge in [-0.3, -0.25) is 9.78 Å². The summed E-state index contributed by atoms with van der Waals surface area (Å²) in [6.07, 6.45) is 11.7. The van der Waals surface area contributed by atoms with Crippen molar-refractivity contribution in [2.24, 2.45) is 17.8 Å². The van der Waals surface area contributed by atoms with Gasteiger partial charge >= 0.3 is 5.97 Å². The summed E-state index contributed by atoms with van der Waals surface area (Å²) in [6, 6.07) is 3.35. The smallest absolute Gasteiger partial charge is 0.308 e. The summed E-state index contributed by atoms with van der Waals surface area (Å²) < 4.78 is 15.8. The molecule has 2 bridgehead atoms. The number of pyridine rings is 1. The van der Waals surface area contributed by atoms with E-state index >= 15 is 0 Å². The number of aromatic nitrogens is 4. The first-order valence-electron chi connectivity index (χ1n) is 10.5. The molecule has 7 heteroatoms. The molecule has 0 aromatic carbocycles. The molecule has 3 heterocycles. The number of carboxylic acid groups (broad SMARTS) is 1. The van der Waals surface area contributed by atoms with E-state index in [0.717, 1.165) is 53.5 Å². The molecule has 152 valence electrons. The van der Waals surface area contributed by atoms with E-state index in [9.17, 15) is 14.3 Å². The standard InChI is InChI=1S/C23H21FN4O2/c24-15-9-17-16(5-6-18(17)25-11-15)21-26-10-14-7-8-28(22(14)27-21)20-13-3-1-12(2-4-13)19(20)23(29)30/h5,7-13,19-20H,1-4,6H2,(H,29,30)/t12?,13?,19-,20-/m0/s1. The van der Waals surface area contributed by atoms with Crippen molar-refractivity contribution < 1.29 is 14.3 Å². The third-order valence-corrected chi connectivity index (χ3v) is 7.20. The number of carbonyl (C=O) groups is 1. The molecule has 0 aliphatic heterocycles. The Hall–Kier alpha value is -3.09. The minimum absolute atomic E-state index is 0.0841. The van der Waals surface area contributed by atoms with E-state index in [4.69, 9.17) is 4.98 Å². The highest BCUT2D eigenvalue weighted by Gasteiger charge is 2.48. The second kappa shape index (κ2) is 6.45. The molecule has 0 saturated heterocycles. The van der Waals surface area contributed by atoms with Gasteiger partial charge in [0.25, 0.3) is 0 Å². The molecule has 3 fully saturated rings. The Morgan fingerprint density at radius 2 is 1.93 bits per heavy atom. The van der Waals surface area contributed by atoms with Crippen molar-refractivity contribution in [3.05, 3.63) is 59.7 Å². The number of aliphatic carboxylic acids is 1. The van der Waals surface area contributed by atoms with Crippen molar-refractivity contribution in [2.75, 3.05) is 0 Å². The van der Waals surface area contributed by atoms with E-state index in [1.54, 1.807) is 6.20 Å². The molecule has 3 aromatic heterocycles. The van der Waals surface area contributed by atoms with Gasteiger partial charge in [0, 0.05) is 35.3 Å². The number of hydrogen-bond acceptors (Lipinski definition) is 4. The summed E-state index contributed by atoms with van der Waals surface area (Å²) in [7, 11) is 0. The zero-order chi connectivity index (χ0) is 20.4. The quantitative estimate of drug-likeness (QED) is 0.713. The Labute approximate surface area is 172 Å². The molecule has 7 rings (SSSR count). The molecule has 0 spiro atoms. The summed E-state index contributed by atoms with van der Waals surface area (Å²) in [5.74, 6) is -0.352. The van der Waals surface area contributed by atoms with Gasteiger partial charge in [0.05, 0.1) is 23.9 Å². The summed E-state index contributed by atoms with van der Waals surface area (Å²) >= 11 is 0. The molecule has 6 nitrogen and oxygen atoms in total. The topological polar surface area (TPSA) is 80.9 Å². The largest absolute Gasteiger partial charge is 0.481 e. The lowest BCUT2D eigenvalue weighted by Gasteiger charge is -2.47. The van der Waals surface area contributed by atoms with Crippen molar-refractivity contribution in [3.63, 3.8) is 0 Å². The number of rotatable bonds is 3. The SMILES string of the molecule is O=C(O)[C@H]1C2CCC(CC2)[C@@H]1n1ccc2cnc(C3=CCc4ncc(F)cc43)nc21. The number of halogens is 1. The third kappa shape index (κ3) is 2.54. The lowest BCUT2D eigenvalue weighted by atomic mass is 9.61. The normalized spacial score (nSPS) is 27.3. The van der Waals surface area contributed by atoms with Crippen LogP contribution in [-0.2, 0) is 11.2 Å². The van der Waals surface area contributed by atoms with E-state index < -0.39 is 5.97 Å². The molecule has 4 aliphatic rings. The fraction of sp³-hybridized carbons (Fsp3) is 0.391. The number of hydrogen-bond donors (Lipinski definition) is 1. The molecular formula is C23H21FN4O2. The zero-order valence-electron chi connectivity index (χ0n) is 16.3. The predicted octanol–water partition coefficient (Wildman–Crippen LogP) is 4.02. The number of nitrogens with zero attached hydrogens (tertiary/aromatic N) is 4. The van der Waals surface area contributed by atoms with Gasteiger partial charge < -0.3 is 9.67 Å². The lowest BCUT2D eigenvalue weighted by molar-refractivity contribution is -0.151. The predicted molar refractivity (Wildman–Crippen MR) is 108 cm³/mol. The van der Waals surface area contributed by atoms with E-state index in [1.807, 2.05) is 18.3 Å². The van der Waals surface area contributed by atoms with Crippen molar-refractivity contribution in [2.45, 2.75) is 38.1 Å². The maximum atomic E-state index is 13.8. The molecule has 0 unspecified atom stereocenters. The van der Waals surface area contributed by atoms with E-state index in [1.165, 1.54) is 12.3 Å². The Balaban J connectivity index is 1.46. The second-order valence-corrected chi connectivity index (χ2v) is 8.69. The zero-order valence-corrected chi connectivity index (χ0v) is 16.3. The van der Waals surface area contributed by atoms with Crippen molar-refractivity contribution >= 4 is 22.6 Å². The average molecular weight is 404 g/mol. The number of fused-ring (bicyclic) bond motifs is 5. The van der Waals surface area contributed by atoms with Crippen LogP contribution in [0.2, 0.25) is 0 Å². The number of carboxylic acids is 1. The number of allylic oxidation sites excluding steroid dienone is 1. The second-order valence-electron chi connectivity index (χ2n) is 8.69. The van der Waals surface area contributed by atoms with Gasteiger partial charge in [-0.1, -0.05) is 6.08 Å². The Morgan fingerprint density at radius 3 is 2.73 bits per heavy atom. The molecule has 0 radical (unpaired) electrons. The molecule has 1 N–H and O–H groups in total. The fourth-order valence-corrected chi connectivity index (χ4v) is 5.86.